The molecule has 2 amide bonds. The highest BCUT2D eigenvalue weighted by molar-refractivity contribution is 7.86. The molecule has 2 radical (unpaired) electrons. The highest BCUT2D eigenvalue weighted by atomic mass is 32.2. The summed E-state index contributed by atoms with van der Waals surface area (Å²) >= 11 is 0. The van der Waals surface area contributed by atoms with Gasteiger partial charge in [-0.3, -0.25) is 13.9 Å². The van der Waals surface area contributed by atoms with Crippen molar-refractivity contribution in [2.75, 3.05) is 13.7 Å². The third kappa shape index (κ3) is 5.87. The lowest BCUT2D eigenvalue weighted by Crippen LogP contribution is -2.53. The molecule has 1 aromatic rings. The van der Waals surface area contributed by atoms with Crippen LogP contribution in [0.3, 0.4) is 0 Å². The van der Waals surface area contributed by atoms with Gasteiger partial charge < -0.3 is 14.8 Å². The molecule has 0 spiro atoms. The van der Waals surface area contributed by atoms with Crippen LogP contribution in [-0.2, 0) is 33.4 Å². The molecule has 2 aliphatic rings. The largest absolute Gasteiger partial charge is 0.467 e. The van der Waals surface area contributed by atoms with Crippen molar-refractivity contribution in [2.45, 2.75) is 61.8 Å². The molecule has 2 fully saturated rings. The van der Waals surface area contributed by atoms with Crippen LogP contribution in [-0.4, -0.2) is 76.1 Å². The van der Waals surface area contributed by atoms with Crippen molar-refractivity contribution in [3.63, 3.8) is 0 Å². The molecular formula is C23H29BN2O8S. The Morgan fingerprint density at radius 1 is 1.23 bits per heavy atom. The molecule has 35 heavy (non-hydrogen) atoms. The average Bonchev–Trinajstić information content (AvgIpc) is 3.31. The highest BCUT2D eigenvalue weighted by Gasteiger charge is 2.62. The second kappa shape index (κ2) is 9.65. The Balaban J connectivity index is 1.82. The van der Waals surface area contributed by atoms with Gasteiger partial charge in [0.1, 0.15) is 25.0 Å². The van der Waals surface area contributed by atoms with Crippen molar-refractivity contribution >= 4 is 41.4 Å². The van der Waals surface area contributed by atoms with Crippen molar-refractivity contribution in [1.29, 1.82) is 0 Å². The van der Waals surface area contributed by atoms with Gasteiger partial charge in [-0.25, -0.2) is 9.59 Å². The standard InChI is InChI=1S/C23H29BN2O8S/c1-6-14-12-23(14,20(28)32-5)25-19(27)18-11-16(13-26(18)21(29)33-22(2,3)4)34-35(30,31)17-9-7-15(24)8-10-17/h6-10,14,16,18H,1,11-13H2,2-5H3,(H,25,27)/t14-,16+,18+,23+/m1/s1. The summed E-state index contributed by atoms with van der Waals surface area (Å²) in [5.74, 6) is -1.61. The predicted octanol–water partition coefficient (Wildman–Crippen LogP) is 0.798. The lowest BCUT2D eigenvalue weighted by molar-refractivity contribution is -0.147. The van der Waals surface area contributed by atoms with Crippen molar-refractivity contribution in [2.24, 2.45) is 5.92 Å². The van der Waals surface area contributed by atoms with Crippen LogP contribution in [0, 0.1) is 5.92 Å². The van der Waals surface area contributed by atoms with E-state index in [4.69, 9.17) is 21.5 Å². The zero-order valence-electron chi connectivity index (χ0n) is 20.1. The van der Waals surface area contributed by atoms with E-state index in [1.807, 2.05) is 0 Å². The molecule has 0 bridgehead atoms. The number of rotatable bonds is 7. The molecule has 1 saturated carbocycles. The van der Waals surface area contributed by atoms with Crippen LogP contribution in [0.5, 0.6) is 0 Å². The Bertz CT molecular complexity index is 1120. The van der Waals surface area contributed by atoms with Crippen LogP contribution >= 0.6 is 0 Å². The van der Waals surface area contributed by atoms with E-state index in [1.165, 1.54) is 31.4 Å². The smallest absolute Gasteiger partial charge is 0.411 e. The molecule has 4 atom stereocenters. The van der Waals surface area contributed by atoms with Crippen molar-refractivity contribution in [1.82, 2.24) is 10.2 Å². The number of nitrogens with one attached hydrogen (secondary N) is 1. The van der Waals surface area contributed by atoms with Gasteiger partial charge in [0.15, 0.2) is 0 Å². The molecule has 1 aliphatic carbocycles. The van der Waals surface area contributed by atoms with Gasteiger partial charge in [0.2, 0.25) is 5.91 Å². The van der Waals surface area contributed by atoms with E-state index in [0.29, 0.717) is 11.9 Å². The molecule has 188 valence electrons. The maximum atomic E-state index is 13.3. The molecule has 0 aromatic heterocycles. The van der Waals surface area contributed by atoms with E-state index >= 15 is 0 Å². The second-order valence-corrected chi connectivity index (χ2v) is 11.2. The number of hydrogen-bond acceptors (Lipinski definition) is 8. The number of carbonyl (C=O) groups is 3. The van der Waals surface area contributed by atoms with Gasteiger partial charge >= 0.3 is 12.1 Å². The molecule has 10 nitrogen and oxygen atoms in total. The molecule has 0 unspecified atom stereocenters. The van der Waals surface area contributed by atoms with Gasteiger partial charge in [0, 0.05) is 12.3 Å². The zero-order chi connectivity index (χ0) is 26.2. The molecule has 12 heteroatoms. The number of hydrogen-bond donors (Lipinski definition) is 1. The Morgan fingerprint density at radius 2 is 1.86 bits per heavy atom. The number of ether oxygens (including phenoxy) is 2. The quantitative estimate of drug-likeness (QED) is 0.250. The van der Waals surface area contributed by atoms with Gasteiger partial charge in [-0.15, -0.1) is 6.58 Å². The predicted molar refractivity (Wildman–Crippen MR) is 126 cm³/mol. The lowest BCUT2D eigenvalue weighted by atomic mass is 9.97. The average molecular weight is 504 g/mol. The van der Waals surface area contributed by atoms with Crippen molar-refractivity contribution < 1.29 is 36.5 Å². The zero-order valence-corrected chi connectivity index (χ0v) is 21.0. The van der Waals surface area contributed by atoms with Crippen LogP contribution in [0.25, 0.3) is 0 Å². The second-order valence-electron chi connectivity index (χ2n) is 9.62. The number of methoxy groups -OCH3 is 1. The van der Waals surface area contributed by atoms with E-state index in [-0.39, 0.29) is 23.8 Å². The number of carbonyl (C=O) groups excluding carboxylic acids is 3. The fraction of sp³-hybridized carbons (Fsp3) is 0.522. The van der Waals surface area contributed by atoms with Crippen LogP contribution in [0.4, 0.5) is 4.79 Å². The molecule has 1 saturated heterocycles. The summed E-state index contributed by atoms with van der Waals surface area (Å²) < 4.78 is 41.1. The number of esters is 1. The van der Waals surface area contributed by atoms with Crippen LogP contribution < -0.4 is 10.8 Å². The normalized spacial score (nSPS) is 26.1. The van der Waals surface area contributed by atoms with Crippen LogP contribution in [0.15, 0.2) is 41.8 Å². The Hall–Kier alpha value is -2.86. The molecule has 3 rings (SSSR count). The topological polar surface area (TPSA) is 128 Å². The minimum atomic E-state index is -4.20. The molecule has 1 heterocycles. The summed E-state index contributed by atoms with van der Waals surface area (Å²) in [6, 6.07) is 4.32. The van der Waals surface area contributed by atoms with Gasteiger partial charge in [0.25, 0.3) is 10.1 Å². The fourth-order valence-corrected chi connectivity index (χ4v) is 5.07. The highest BCUT2D eigenvalue weighted by Crippen LogP contribution is 2.45. The van der Waals surface area contributed by atoms with Crippen LogP contribution in [0.2, 0.25) is 0 Å². The number of amides is 2. The minimum Gasteiger partial charge on any atom is -0.467 e. The minimum absolute atomic E-state index is 0.111. The van der Waals surface area contributed by atoms with Gasteiger partial charge in [-0.05, 0) is 39.3 Å². The maximum Gasteiger partial charge on any atom is 0.411 e. The summed E-state index contributed by atoms with van der Waals surface area (Å²) in [5, 5.41) is 2.68. The first-order valence-corrected chi connectivity index (χ1v) is 12.4. The Morgan fingerprint density at radius 3 is 2.37 bits per heavy atom. The van der Waals surface area contributed by atoms with E-state index in [9.17, 15) is 22.8 Å². The molecular weight excluding hydrogens is 475 g/mol. The number of likely N-dealkylation sites (tertiary alicyclic amines) is 1. The summed E-state index contributed by atoms with van der Waals surface area (Å²) in [7, 11) is 2.63. The molecule has 1 aromatic carbocycles. The molecule has 1 N–H and O–H groups in total. The first kappa shape index (κ1) is 26.7. The summed E-state index contributed by atoms with van der Waals surface area (Å²) in [4.78, 5) is 39.5. The Labute approximate surface area is 206 Å². The third-order valence-corrected chi connectivity index (χ3v) is 7.20. The van der Waals surface area contributed by atoms with Gasteiger partial charge in [-0.2, -0.15) is 8.42 Å². The Kier molecular flexibility index (Phi) is 7.38. The SMILES string of the molecule is [B]c1ccc(S(=O)(=O)O[C@H]2C[C@@H](C(=O)N[C@@]3(C(=O)OC)C[C@H]3C=C)N(C(=O)OC(C)(C)C)C2)cc1. The first-order chi connectivity index (χ1) is 16.2. The lowest BCUT2D eigenvalue weighted by Gasteiger charge is -2.28. The van der Waals surface area contributed by atoms with E-state index in [2.05, 4.69) is 11.9 Å². The third-order valence-electron chi connectivity index (χ3n) is 5.82. The van der Waals surface area contributed by atoms with Crippen LogP contribution in [0.1, 0.15) is 33.6 Å². The van der Waals surface area contributed by atoms with E-state index in [1.54, 1.807) is 26.8 Å². The first-order valence-electron chi connectivity index (χ1n) is 11.0. The monoisotopic (exact) mass is 504 g/mol. The summed E-state index contributed by atoms with van der Waals surface area (Å²) in [5.41, 5.74) is -1.75. The maximum absolute atomic E-state index is 13.3. The molecule has 1 aliphatic heterocycles. The van der Waals surface area contributed by atoms with Gasteiger partial charge in [0.05, 0.1) is 24.7 Å². The number of benzene rings is 1. The van der Waals surface area contributed by atoms with E-state index < -0.39 is 51.4 Å². The summed E-state index contributed by atoms with van der Waals surface area (Å²) in [6.45, 7) is 8.46. The van der Waals surface area contributed by atoms with Crippen molar-refractivity contribution in [3.8, 4) is 0 Å². The van der Waals surface area contributed by atoms with E-state index in [0.717, 1.165) is 4.90 Å². The number of nitrogens with zero attached hydrogens (tertiary/aromatic N) is 1. The van der Waals surface area contributed by atoms with Crippen molar-refractivity contribution in [3.05, 3.63) is 36.9 Å². The fourth-order valence-electron chi connectivity index (χ4n) is 3.99. The van der Waals surface area contributed by atoms with Gasteiger partial charge in [-0.1, -0.05) is 23.7 Å². The summed E-state index contributed by atoms with van der Waals surface area (Å²) in [6.07, 6.45) is -0.113.